The van der Waals surface area contributed by atoms with E-state index in [4.69, 9.17) is 0 Å². The summed E-state index contributed by atoms with van der Waals surface area (Å²) in [6, 6.07) is 15.7. The SMILES string of the molecule is CCn1c(CC(=O)c2ccc(C)cc2)nc2ccccc21. The fourth-order valence-electron chi connectivity index (χ4n) is 2.60. The zero-order chi connectivity index (χ0) is 14.8. The van der Waals surface area contributed by atoms with Crippen LogP contribution in [0.5, 0.6) is 0 Å². The Balaban J connectivity index is 1.94. The van der Waals surface area contributed by atoms with Gasteiger partial charge in [0, 0.05) is 12.1 Å². The number of aromatic nitrogens is 2. The molecule has 0 radical (unpaired) electrons. The fraction of sp³-hybridized carbons (Fsp3) is 0.222. The predicted molar refractivity (Wildman–Crippen MR) is 84.6 cm³/mol. The Morgan fingerprint density at radius 2 is 1.81 bits per heavy atom. The van der Waals surface area contributed by atoms with Gasteiger partial charge in [0.2, 0.25) is 0 Å². The van der Waals surface area contributed by atoms with E-state index >= 15 is 0 Å². The lowest BCUT2D eigenvalue weighted by Gasteiger charge is -2.06. The first-order valence-corrected chi connectivity index (χ1v) is 7.23. The summed E-state index contributed by atoms with van der Waals surface area (Å²) >= 11 is 0. The van der Waals surface area contributed by atoms with Crippen LogP contribution in [-0.2, 0) is 13.0 Å². The van der Waals surface area contributed by atoms with Gasteiger partial charge < -0.3 is 4.57 Å². The summed E-state index contributed by atoms with van der Waals surface area (Å²) in [5.41, 5.74) is 3.94. The number of aryl methyl sites for hydroxylation is 2. The third-order valence-corrected chi connectivity index (χ3v) is 3.74. The maximum atomic E-state index is 12.4. The van der Waals surface area contributed by atoms with Crippen LogP contribution >= 0.6 is 0 Å². The van der Waals surface area contributed by atoms with Gasteiger partial charge in [-0.15, -0.1) is 0 Å². The minimum Gasteiger partial charge on any atom is -0.328 e. The zero-order valence-corrected chi connectivity index (χ0v) is 12.3. The number of nitrogens with zero attached hydrogens (tertiary/aromatic N) is 2. The lowest BCUT2D eigenvalue weighted by atomic mass is 10.1. The third-order valence-electron chi connectivity index (χ3n) is 3.74. The molecule has 0 spiro atoms. The molecule has 3 heteroatoms. The number of benzene rings is 2. The molecule has 3 aromatic rings. The number of fused-ring (bicyclic) bond motifs is 1. The number of carbonyl (C=O) groups excluding carboxylic acids is 1. The second-order valence-electron chi connectivity index (χ2n) is 5.23. The van der Waals surface area contributed by atoms with E-state index in [2.05, 4.69) is 16.5 Å². The summed E-state index contributed by atoms with van der Waals surface area (Å²) in [5, 5.41) is 0. The normalized spacial score (nSPS) is 11.0. The minimum absolute atomic E-state index is 0.111. The van der Waals surface area contributed by atoms with Gasteiger partial charge in [0.25, 0.3) is 0 Å². The molecular formula is C18H18N2O. The number of para-hydroxylation sites is 2. The van der Waals surface area contributed by atoms with E-state index in [9.17, 15) is 4.79 Å². The van der Waals surface area contributed by atoms with Gasteiger partial charge in [-0.3, -0.25) is 4.79 Å². The molecule has 0 aliphatic carbocycles. The van der Waals surface area contributed by atoms with Gasteiger partial charge in [-0.05, 0) is 26.0 Å². The monoisotopic (exact) mass is 278 g/mol. The largest absolute Gasteiger partial charge is 0.328 e. The van der Waals surface area contributed by atoms with Crippen molar-refractivity contribution in [2.75, 3.05) is 0 Å². The minimum atomic E-state index is 0.111. The van der Waals surface area contributed by atoms with Crippen molar-refractivity contribution in [3.63, 3.8) is 0 Å². The molecule has 0 aliphatic heterocycles. The van der Waals surface area contributed by atoms with E-state index in [1.165, 1.54) is 0 Å². The molecule has 1 heterocycles. The van der Waals surface area contributed by atoms with Gasteiger partial charge in [0.05, 0.1) is 17.5 Å². The van der Waals surface area contributed by atoms with E-state index < -0.39 is 0 Å². The molecule has 106 valence electrons. The van der Waals surface area contributed by atoms with Crippen molar-refractivity contribution >= 4 is 16.8 Å². The van der Waals surface area contributed by atoms with Crippen molar-refractivity contribution in [2.45, 2.75) is 26.8 Å². The second-order valence-corrected chi connectivity index (χ2v) is 5.23. The quantitative estimate of drug-likeness (QED) is 0.680. The molecule has 0 fully saturated rings. The highest BCUT2D eigenvalue weighted by Crippen LogP contribution is 2.17. The molecule has 2 aromatic carbocycles. The van der Waals surface area contributed by atoms with Gasteiger partial charge in [-0.25, -0.2) is 4.98 Å². The molecule has 0 amide bonds. The van der Waals surface area contributed by atoms with E-state index in [0.29, 0.717) is 6.42 Å². The molecule has 0 bridgehead atoms. The average molecular weight is 278 g/mol. The molecule has 3 rings (SSSR count). The molecule has 0 saturated heterocycles. The van der Waals surface area contributed by atoms with Crippen LogP contribution in [0.1, 0.15) is 28.7 Å². The molecule has 21 heavy (non-hydrogen) atoms. The number of ketones is 1. The summed E-state index contributed by atoms with van der Waals surface area (Å²) < 4.78 is 2.11. The number of hydrogen-bond acceptors (Lipinski definition) is 2. The number of Topliss-reactive ketones (excluding diaryl/α,β-unsaturated/α-hetero) is 1. The van der Waals surface area contributed by atoms with Gasteiger partial charge in [0.15, 0.2) is 5.78 Å². The lowest BCUT2D eigenvalue weighted by molar-refractivity contribution is 0.0990. The summed E-state index contributed by atoms with van der Waals surface area (Å²) in [5.74, 6) is 0.948. The Kier molecular flexibility index (Phi) is 3.57. The number of carbonyl (C=O) groups is 1. The van der Waals surface area contributed by atoms with Crippen LogP contribution in [0.25, 0.3) is 11.0 Å². The van der Waals surface area contributed by atoms with Gasteiger partial charge >= 0.3 is 0 Å². The average Bonchev–Trinajstić information content (AvgIpc) is 2.84. The Bertz CT molecular complexity index is 785. The molecule has 0 saturated carbocycles. The third kappa shape index (κ3) is 2.59. The number of hydrogen-bond donors (Lipinski definition) is 0. The molecule has 3 nitrogen and oxygen atoms in total. The highest BCUT2D eigenvalue weighted by atomic mass is 16.1. The van der Waals surface area contributed by atoms with E-state index in [1.54, 1.807) is 0 Å². The summed E-state index contributed by atoms with van der Waals surface area (Å²) in [6.07, 6.45) is 0.339. The molecule has 0 N–H and O–H groups in total. The lowest BCUT2D eigenvalue weighted by Crippen LogP contribution is -2.09. The van der Waals surface area contributed by atoms with Crippen LogP contribution in [0.2, 0.25) is 0 Å². The Morgan fingerprint density at radius 3 is 2.52 bits per heavy atom. The molecule has 0 atom stereocenters. The van der Waals surface area contributed by atoms with Crippen molar-refractivity contribution in [1.82, 2.24) is 9.55 Å². The van der Waals surface area contributed by atoms with E-state index in [-0.39, 0.29) is 5.78 Å². The smallest absolute Gasteiger partial charge is 0.170 e. The summed E-state index contributed by atoms with van der Waals surface area (Å²) in [7, 11) is 0. The first-order valence-electron chi connectivity index (χ1n) is 7.23. The highest BCUT2D eigenvalue weighted by molar-refractivity contribution is 5.97. The number of imidazole rings is 1. The van der Waals surface area contributed by atoms with Crippen molar-refractivity contribution in [3.8, 4) is 0 Å². The van der Waals surface area contributed by atoms with Crippen molar-refractivity contribution in [3.05, 3.63) is 65.5 Å². The maximum Gasteiger partial charge on any atom is 0.170 e. The van der Waals surface area contributed by atoms with Crippen LogP contribution in [-0.4, -0.2) is 15.3 Å². The maximum absolute atomic E-state index is 12.4. The van der Waals surface area contributed by atoms with Crippen molar-refractivity contribution in [2.24, 2.45) is 0 Å². The first-order chi connectivity index (χ1) is 10.2. The molecular weight excluding hydrogens is 260 g/mol. The van der Waals surface area contributed by atoms with Crippen LogP contribution < -0.4 is 0 Å². The Hall–Kier alpha value is -2.42. The van der Waals surface area contributed by atoms with Crippen LogP contribution in [0.3, 0.4) is 0 Å². The Labute approximate surface area is 124 Å². The van der Waals surface area contributed by atoms with Crippen molar-refractivity contribution < 1.29 is 4.79 Å². The molecule has 1 aromatic heterocycles. The summed E-state index contributed by atoms with van der Waals surface area (Å²) in [4.78, 5) is 17.0. The van der Waals surface area contributed by atoms with Gasteiger partial charge in [-0.1, -0.05) is 42.0 Å². The summed E-state index contributed by atoms with van der Waals surface area (Å²) in [6.45, 7) is 4.91. The Morgan fingerprint density at radius 1 is 1.10 bits per heavy atom. The highest BCUT2D eigenvalue weighted by Gasteiger charge is 2.14. The standard InChI is InChI=1S/C18H18N2O/c1-3-20-16-7-5-4-6-15(16)19-18(20)12-17(21)14-10-8-13(2)9-11-14/h4-11H,3,12H2,1-2H3. The van der Waals surface area contributed by atoms with Crippen LogP contribution in [0.15, 0.2) is 48.5 Å². The van der Waals surface area contributed by atoms with E-state index in [0.717, 1.165) is 34.5 Å². The number of rotatable bonds is 4. The van der Waals surface area contributed by atoms with Crippen molar-refractivity contribution in [1.29, 1.82) is 0 Å². The molecule has 0 aliphatic rings. The fourth-order valence-corrected chi connectivity index (χ4v) is 2.60. The van der Waals surface area contributed by atoms with E-state index in [1.807, 2.05) is 55.5 Å². The molecule has 0 unspecified atom stereocenters. The van der Waals surface area contributed by atoms with Gasteiger partial charge in [-0.2, -0.15) is 0 Å². The van der Waals surface area contributed by atoms with Crippen LogP contribution in [0.4, 0.5) is 0 Å². The first kappa shape index (κ1) is 13.6. The van der Waals surface area contributed by atoms with Crippen LogP contribution in [0, 0.1) is 6.92 Å². The van der Waals surface area contributed by atoms with Gasteiger partial charge in [0.1, 0.15) is 5.82 Å². The predicted octanol–water partition coefficient (Wildman–Crippen LogP) is 3.79. The zero-order valence-electron chi connectivity index (χ0n) is 12.3. The topological polar surface area (TPSA) is 34.9 Å². The second kappa shape index (κ2) is 5.52.